The van der Waals surface area contributed by atoms with Crippen LogP contribution in [0, 0.1) is 10.1 Å². The van der Waals surface area contributed by atoms with Gasteiger partial charge in [0.1, 0.15) is 7.05 Å². The van der Waals surface area contributed by atoms with Crippen LogP contribution in [-0.4, -0.2) is 24.4 Å². The van der Waals surface area contributed by atoms with Crippen molar-refractivity contribution in [1.82, 2.24) is 0 Å². The van der Waals surface area contributed by atoms with Crippen molar-refractivity contribution in [1.29, 1.82) is 0 Å². The lowest BCUT2D eigenvalue weighted by Crippen LogP contribution is -2.18. The molecule has 0 fully saturated rings. The third kappa shape index (κ3) is 3.59. The summed E-state index contributed by atoms with van der Waals surface area (Å²) in [4.78, 5) is 12.5. The zero-order valence-electron chi connectivity index (χ0n) is 7.03. The van der Waals surface area contributed by atoms with Crippen LogP contribution in [0.5, 0.6) is 0 Å². The van der Waals surface area contributed by atoms with Gasteiger partial charge >= 0.3 is 12.4 Å². The number of rotatable bonds is 3. The van der Waals surface area contributed by atoms with Crippen LogP contribution in [0.4, 0.5) is 8.78 Å². The highest BCUT2D eigenvalue weighted by Gasteiger charge is 2.21. The highest BCUT2D eigenvalue weighted by atomic mass is 19.3. The number of ether oxygens (including phenoxy) is 1. The summed E-state index contributed by atoms with van der Waals surface area (Å²) >= 11 is 0. The monoisotopic (exact) mass is 194 g/mol. The number of nitrogens with zero attached hydrogens (tertiary/aromatic N) is 2. The van der Waals surface area contributed by atoms with Crippen molar-refractivity contribution in [3.05, 3.63) is 21.9 Å². The molecular formula is C6H8F2N2O3. The van der Waals surface area contributed by atoms with Crippen LogP contribution >= 0.6 is 0 Å². The van der Waals surface area contributed by atoms with Crippen molar-refractivity contribution >= 4 is 5.84 Å². The van der Waals surface area contributed by atoms with Gasteiger partial charge in [-0.1, -0.05) is 4.99 Å². The minimum Gasteiger partial charge on any atom is -0.426 e. The summed E-state index contributed by atoms with van der Waals surface area (Å²) < 4.78 is 27.3. The Labute approximate surface area is 72.9 Å². The normalized spacial score (nSPS) is 13.3. The van der Waals surface area contributed by atoms with Crippen LogP contribution in [0.2, 0.25) is 0 Å². The van der Waals surface area contributed by atoms with Gasteiger partial charge < -0.3 is 14.9 Å². The fourth-order valence-electron chi connectivity index (χ4n) is 0.628. The third-order valence-corrected chi connectivity index (χ3v) is 1.08. The number of aliphatic imine (C=N–C) groups is 1. The van der Waals surface area contributed by atoms with Crippen LogP contribution in [0.25, 0.3) is 0 Å². The minimum absolute atomic E-state index is 0.539. The van der Waals surface area contributed by atoms with E-state index in [1.807, 2.05) is 0 Å². The van der Waals surface area contributed by atoms with Gasteiger partial charge in [-0.25, -0.2) is 0 Å². The number of allylic oxidation sites excluding steroid dienone is 1. The van der Waals surface area contributed by atoms with E-state index in [0.29, 0.717) is 0 Å². The maximum Gasteiger partial charge on any atom is 0.400 e. The van der Waals surface area contributed by atoms with E-state index in [-0.39, 0.29) is 0 Å². The molecule has 0 N–H and O–H groups in total. The fourth-order valence-corrected chi connectivity index (χ4v) is 0.628. The number of amidine groups is 1. The molecular weight excluding hydrogens is 186 g/mol. The zero-order valence-corrected chi connectivity index (χ0v) is 7.03. The Balaban J connectivity index is 4.68. The molecule has 0 aliphatic rings. The molecule has 13 heavy (non-hydrogen) atoms. The largest absolute Gasteiger partial charge is 0.426 e. The van der Waals surface area contributed by atoms with Gasteiger partial charge in [-0.3, -0.25) is 0 Å². The molecule has 0 saturated carbocycles. The smallest absolute Gasteiger partial charge is 0.400 e. The molecule has 74 valence electrons. The van der Waals surface area contributed by atoms with E-state index in [2.05, 4.69) is 9.73 Å². The van der Waals surface area contributed by atoms with Gasteiger partial charge in [0.25, 0.3) is 0 Å². The lowest BCUT2D eigenvalue weighted by molar-refractivity contribution is -0.352. The third-order valence-electron chi connectivity index (χ3n) is 1.08. The quantitative estimate of drug-likeness (QED) is 0.224. The van der Waals surface area contributed by atoms with Gasteiger partial charge in [-0.15, -0.1) is 0 Å². The van der Waals surface area contributed by atoms with Crippen LogP contribution in [0.1, 0.15) is 6.92 Å². The molecule has 0 saturated heterocycles. The van der Waals surface area contributed by atoms with Gasteiger partial charge in [0, 0.05) is 0 Å². The summed E-state index contributed by atoms with van der Waals surface area (Å²) in [6, 6.07) is 0. The summed E-state index contributed by atoms with van der Waals surface area (Å²) in [5.41, 5.74) is 0. The first-order valence-corrected chi connectivity index (χ1v) is 3.25. The lowest BCUT2D eigenvalue weighted by atomic mass is 10.4. The molecule has 0 aliphatic carbocycles. The van der Waals surface area contributed by atoms with Crippen molar-refractivity contribution in [3.63, 3.8) is 0 Å². The van der Waals surface area contributed by atoms with Crippen LogP contribution in [0.3, 0.4) is 0 Å². The minimum atomic E-state index is -3.09. The number of nitro groups is 1. The molecule has 0 bridgehead atoms. The second-order valence-corrected chi connectivity index (χ2v) is 1.84. The van der Waals surface area contributed by atoms with E-state index >= 15 is 0 Å². The van der Waals surface area contributed by atoms with Gasteiger partial charge in [0.15, 0.2) is 0 Å². The average molecular weight is 194 g/mol. The van der Waals surface area contributed by atoms with Crippen molar-refractivity contribution in [2.45, 2.75) is 13.5 Å². The molecule has 0 amide bonds. The number of hydrogen-bond acceptors (Lipinski definition) is 4. The van der Waals surface area contributed by atoms with Crippen molar-refractivity contribution in [2.24, 2.45) is 4.99 Å². The van der Waals surface area contributed by atoms with Gasteiger partial charge in [-0.05, 0) is 17.9 Å². The van der Waals surface area contributed by atoms with Crippen LogP contribution in [-0.2, 0) is 4.74 Å². The first-order valence-electron chi connectivity index (χ1n) is 3.25. The molecule has 0 aromatic carbocycles. The first kappa shape index (κ1) is 11.5. The molecule has 0 aromatic rings. The zero-order chi connectivity index (χ0) is 10.4. The van der Waals surface area contributed by atoms with E-state index in [9.17, 15) is 18.9 Å². The van der Waals surface area contributed by atoms with E-state index in [4.69, 9.17) is 0 Å². The molecule has 0 spiro atoms. The summed E-state index contributed by atoms with van der Waals surface area (Å²) in [6.07, 6.45) is 1.05. The van der Waals surface area contributed by atoms with Gasteiger partial charge in [-0.2, -0.15) is 8.78 Å². The van der Waals surface area contributed by atoms with Crippen molar-refractivity contribution < 1.29 is 18.4 Å². The SMILES string of the molecule is C/C=C(/OC(F)F)C(=NC)[N+](=O)[O-]. The molecule has 0 heterocycles. The molecule has 0 rings (SSSR count). The molecule has 5 nitrogen and oxygen atoms in total. The molecule has 0 aromatic heterocycles. The number of hydrogen-bond donors (Lipinski definition) is 0. The maximum absolute atomic E-state index is 11.7. The van der Waals surface area contributed by atoms with Crippen LogP contribution in [0.15, 0.2) is 16.8 Å². The topological polar surface area (TPSA) is 64.7 Å². The van der Waals surface area contributed by atoms with E-state index in [1.54, 1.807) is 0 Å². The summed E-state index contributed by atoms with van der Waals surface area (Å²) in [5.74, 6) is -1.26. The Morgan fingerprint density at radius 2 is 2.23 bits per heavy atom. The van der Waals surface area contributed by atoms with Gasteiger partial charge in [0.05, 0.1) is 0 Å². The molecule has 0 unspecified atom stereocenters. The fraction of sp³-hybridized carbons (Fsp3) is 0.500. The summed E-state index contributed by atoms with van der Waals surface area (Å²) in [6.45, 7) is -1.75. The molecule has 0 atom stereocenters. The van der Waals surface area contributed by atoms with Crippen molar-refractivity contribution in [2.75, 3.05) is 7.05 Å². The van der Waals surface area contributed by atoms with E-state index in [1.165, 1.54) is 6.92 Å². The first-order chi connectivity index (χ1) is 6.02. The van der Waals surface area contributed by atoms with E-state index < -0.39 is 23.1 Å². The Morgan fingerprint density at radius 1 is 1.69 bits per heavy atom. The standard InChI is InChI=1S/C6H8F2N2O3/c1-3-4(13-6(7)8)5(9-2)10(11)12/h3,6H,1-2H3/b4-3+,9-5?. The molecule has 0 radical (unpaired) electrons. The summed E-state index contributed by atoms with van der Waals surface area (Å²) in [7, 11) is 1.12. The van der Waals surface area contributed by atoms with E-state index in [0.717, 1.165) is 13.1 Å². The highest BCUT2D eigenvalue weighted by Crippen LogP contribution is 2.07. The molecule has 7 heteroatoms. The highest BCUT2D eigenvalue weighted by molar-refractivity contribution is 5.89. The second-order valence-electron chi connectivity index (χ2n) is 1.84. The molecule has 0 aliphatic heterocycles. The maximum atomic E-state index is 11.7. The average Bonchev–Trinajstić information content (AvgIpc) is 2.02. The Kier molecular flexibility index (Phi) is 4.57. The lowest BCUT2D eigenvalue weighted by Gasteiger charge is -2.04. The Bertz CT molecular complexity index is 250. The Morgan fingerprint density at radius 3 is 2.46 bits per heavy atom. The van der Waals surface area contributed by atoms with Gasteiger partial charge in [0.2, 0.25) is 5.76 Å². The van der Waals surface area contributed by atoms with Crippen molar-refractivity contribution in [3.8, 4) is 0 Å². The second kappa shape index (κ2) is 5.18. The Hall–Kier alpha value is -1.53. The number of halogens is 2. The predicted molar refractivity (Wildman–Crippen MR) is 41.2 cm³/mol. The summed E-state index contributed by atoms with van der Waals surface area (Å²) in [5, 5.41) is 10.2. The van der Waals surface area contributed by atoms with Crippen LogP contribution < -0.4 is 0 Å². The predicted octanol–water partition coefficient (Wildman–Crippen LogP) is 1.43. The number of alkyl halides is 2.